The second-order valence-corrected chi connectivity index (χ2v) is 31.2. The second-order valence-electron chi connectivity index (χ2n) is 31.2. The Kier molecular flexibility index (Phi) is 33.7. The molecule has 0 saturated heterocycles. The van der Waals surface area contributed by atoms with E-state index >= 15 is 0 Å². The molecular weight excluding hydrogens is 2530 g/mol. The van der Waals surface area contributed by atoms with Crippen molar-refractivity contribution in [2.45, 2.75) is 79.3 Å². The van der Waals surface area contributed by atoms with Crippen LogP contribution < -0.4 is 49.0 Å². The monoisotopic (exact) mass is 2620 g/mol. The predicted octanol–water partition coefficient (Wildman–Crippen LogP) is 28.1. The van der Waals surface area contributed by atoms with Crippen LogP contribution in [0, 0.1) is 77.5 Å². The van der Waals surface area contributed by atoms with E-state index in [1.54, 1.807) is 41.0 Å². The molecule has 5 aliphatic heterocycles. The van der Waals surface area contributed by atoms with E-state index in [1.165, 1.54) is 50.8 Å². The Balaban J connectivity index is 0.000000147. The molecule has 5 aliphatic rings. The fourth-order valence-electron chi connectivity index (χ4n) is 16.0. The molecule has 9 heterocycles. The van der Waals surface area contributed by atoms with Crippen LogP contribution in [0.4, 0.5) is 128 Å². The predicted molar refractivity (Wildman–Crippen MR) is 505 cm³/mol. The minimum Gasteiger partial charge on any atom is -0.493 e. The number of alkyl halides is 3. The number of nitrogens with zero attached hydrogens (tertiary/aromatic N) is 15. The number of pyridine rings is 3. The molecule has 21 rings (SSSR count). The van der Waals surface area contributed by atoms with Gasteiger partial charge in [0, 0.05) is 171 Å². The fourth-order valence-corrected chi connectivity index (χ4v) is 16.0. The Morgan fingerprint density at radius 3 is 1.00 bits per heavy atom. The first-order valence-electron chi connectivity index (χ1n) is 41.9. The topological polar surface area (TPSA) is 96.8 Å². The first-order chi connectivity index (χ1) is 61.6. The van der Waals surface area contributed by atoms with Gasteiger partial charge in [-0.25, -0.2) is 24.9 Å². The van der Waals surface area contributed by atoms with Crippen LogP contribution in [0.5, 0.6) is 0 Å². The van der Waals surface area contributed by atoms with Crippen molar-refractivity contribution >= 4 is 114 Å². The van der Waals surface area contributed by atoms with Gasteiger partial charge in [0.2, 0.25) is 0 Å². The molecule has 0 unspecified atom stereocenters. The van der Waals surface area contributed by atoms with Gasteiger partial charge >= 0.3 is 6.18 Å². The Morgan fingerprint density at radius 1 is 0.260 bits per heavy atom. The molecule has 0 N–H and O–H groups in total. The van der Waals surface area contributed by atoms with E-state index in [0.29, 0.717) is 34.8 Å². The molecule has 0 spiro atoms. The SMILES string of the molecule is CC(C)c1ccccc1N1[CH-]N(c2[c-]cccc2)c2cccnc21.CC(C)c1ccccc1N1[CH-]N(c2[c-]cccc2)c2ncccc21.CC(C)c1ccccc1N1[CH-]N(c2[c-]cccc2)c2nccnc21.Cc1c(-c2ccccc2)cccc1N1[CH-]N(c2[c-]cccc2)c2ncccc21.Cc1ccccc1N1[CH-]N(c2[c-]cccc2)c2cccc(C(F)(F)F)c21.[Ir].[Ir].[Ir].[Ir].[Ir]. The zero-order valence-electron chi connectivity index (χ0n) is 72.6. The molecule has 15 nitrogen and oxygen atoms in total. The number of para-hydroxylation sites is 10. The molecule has 0 fully saturated rings. The molecule has 4 aromatic heterocycles. The van der Waals surface area contributed by atoms with Crippen molar-refractivity contribution in [3.05, 3.63) is 450 Å². The largest absolute Gasteiger partial charge is 0.493 e. The molecule has 0 amide bonds. The number of anilines is 20. The van der Waals surface area contributed by atoms with Crippen molar-refractivity contribution in [3.8, 4) is 11.1 Å². The average molecular weight is 2620 g/mol. The fraction of sp³-hybridized carbons (Fsp3) is 0.111. The molecule has 0 aliphatic carbocycles. The van der Waals surface area contributed by atoms with Crippen LogP contribution >= 0.6 is 0 Å². The minimum atomic E-state index is -4.45. The molecule has 131 heavy (non-hydrogen) atoms. The number of hydrogen-bond acceptors (Lipinski definition) is 15. The molecule has 0 atom stereocenters. The number of hydrogen-bond donors (Lipinski definition) is 0. The molecule has 12 aromatic carbocycles. The van der Waals surface area contributed by atoms with Gasteiger partial charge in [-0.2, -0.15) is 165 Å². The summed E-state index contributed by atoms with van der Waals surface area (Å²) in [5.41, 5.74) is 21.6. The second kappa shape index (κ2) is 44.9. The molecular formula is C108H90F3Ir5N15-10. The summed E-state index contributed by atoms with van der Waals surface area (Å²) in [6, 6.07) is 122. The standard InChI is InChI=1S/C25H19N3.C21H15F3N2.2C21H19N3.C20H18N4.5Ir/c1-19-22(20-10-4-2-5-11-20)14-8-15-23(19)28-18-27(21-12-6-3-7-13-21)25-24(28)16-9-17-26-25;1-15-8-5-6-12-18(15)26-14-25(16-9-3-2-4-10-16)19-13-7-11-17(20(19)26)21(22,23)24;1-16(2)18-11-6-7-12-19(18)24-15-23(17-9-4-3-5-10-17)21-20(24)13-8-14-22-21;1-16(2)18-11-6-7-12-19(18)24-15-23(17-9-4-3-5-10-17)20-13-8-14-22-21(20)24;1-15(2)17-10-6-7-11-18(17)24-14-23(16-8-4-3-5-9-16)19-20(24)22-13-12-21-19;;;;;/h2-12,14-18H,1H3;2-9,11-14H,1H3;2*3-9,11-16H,1-2H3;3-8,10-15H,1-2H3;;;;;/q5*-2;;;;;. The van der Waals surface area contributed by atoms with E-state index in [1.807, 2.05) is 195 Å². The van der Waals surface area contributed by atoms with Gasteiger partial charge in [0.1, 0.15) is 29.1 Å². The van der Waals surface area contributed by atoms with Crippen LogP contribution in [0.15, 0.2) is 353 Å². The van der Waals surface area contributed by atoms with Gasteiger partial charge < -0.3 is 49.0 Å². The average Bonchev–Trinajstić information content (AvgIpc) is 1.59. The van der Waals surface area contributed by atoms with Crippen LogP contribution in [0.25, 0.3) is 11.1 Å². The molecule has 0 saturated carbocycles. The normalized spacial score (nSPS) is 12.9. The van der Waals surface area contributed by atoms with Crippen LogP contribution in [0.3, 0.4) is 0 Å². The van der Waals surface area contributed by atoms with Crippen molar-refractivity contribution in [3.63, 3.8) is 0 Å². The van der Waals surface area contributed by atoms with E-state index < -0.39 is 11.7 Å². The summed E-state index contributed by atoms with van der Waals surface area (Å²) in [6.07, 6.45) is 4.52. The molecule has 16 aromatic rings. The van der Waals surface area contributed by atoms with E-state index in [2.05, 4.69) is 298 Å². The van der Waals surface area contributed by atoms with Gasteiger partial charge in [0.25, 0.3) is 0 Å². The summed E-state index contributed by atoms with van der Waals surface area (Å²) in [5.74, 6) is 5.76. The molecule has 673 valence electrons. The molecule has 5 radical (unpaired) electrons. The van der Waals surface area contributed by atoms with Crippen LogP contribution in [-0.2, 0) is 107 Å². The van der Waals surface area contributed by atoms with Crippen molar-refractivity contribution in [2.75, 3.05) is 49.0 Å². The Hall–Kier alpha value is -11.8. The quantitative estimate of drug-likeness (QED) is 0.0966. The van der Waals surface area contributed by atoms with Gasteiger partial charge in [-0.1, -0.05) is 163 Å². The van der Waals surface area contributed by atoms with E-state index in [4.69, 9.17) is 0 Å². The van der Waals surface area contributed by atoms with Gasteiger partial charge in [0.15, 0.2) is 0 Å². The van der Waals surface area contributed by atoms with Gasteiger partial charge in [0.05, 0.1) is 22.6 Å². The maximum atomic E-state index is 13.7. The van der Waals surface area contributed by atoms with Gasteiger partial charge in [-0.3, -0.25) is 0 Å². The first-order valence-corrected chi connectivity index (χ1v) is 41.9. The maximum Gasteiger partial charge on any atom is 0.418 e. The number of aryl methyl sites for hydroxylation is 1. The van der Waals surface area contributed by atoms with E-state index in [0.717, 1.165) is 91.9 Å². The van der Waals surface area contributed by atoms with Crippen LogP contribution in [0.1, 0.15) is 92.7 Å². The summed E-state index contributed by atoms with van der Waals surface area (Å²) in [5, 5.41) is 0. The number of halogens is 3. The Bertz CT molecular complexity index is 6050. The van der Waals surface area contributed by atoms with Crippen LogP contribution in [0.2, 0.25) is 0 Å². The smallest absolute Gasteiger partial charge is 0.418 e. The third-order valence-electron chi connectivity index (χ3n) is 22.1. The Labute approximate surface area is 834 Å². The third kappa shape index (κ3) is 21.2. The van der Waals surface area contributed by atoms with Crippen LogP contribution in [-0.4, -0.2) is 24.9 Å². The zero-order valence-corrected chi connectivity index (χ0v) is 84.6. The van der Waals surface area contributed by atoms with Crippen molar-refractivity contribution in [2.24, 2.45) is 0 Å². The summed E-state index contributed by atoms with van der Waals surface area (Å²) in [4.78, 5) is 43.4. The number of benzene rings is 12. The summed E-state index contributed by atoms with van der Waals surface area (Å²) in [7, 11) is 0. The van der Waals surface area contributed by atoms with E-state index in [9.17, 15) is 13.2 Å². The number of fused-ring (bicyclic) bond motifs is 5. The summed E-state index contributed by atoms with van der Waals surface area (Å²) in [6.45, 7) is 27.4. The first kappa shape index (κ1) is 98.2. The zero-order chi connectivity index (χ0) is 86.8. The molecule has 0 bridgehead atoms. The van der Waals surface area contributed by atoms with Crippen molar-refractivity contribution in [1.29, 1.82) is 0 Å². The summed E-state index contributed by atoms with van der Waals surface area (Å²) >= 11 is 0. The van der Waals surface area contributed by atoms with E-state index in [-0.39, 0.29) is 106 Å². The summed E-state index contributed by atoms with van der Waals surface area (Å²) < 4.78 is 41.1. The molecule has 23 heteroatoms. The third-order valence-corrected chi connectivity index (χ3v) is 22.1. The Morgan fingerprint density at radius 2 is 0.565 bits per heavy atom. The van der Waals surface area contributed by atoms with Gasteiger partial charge in [-0.05, 0) is 149 Å². The van der Waals surface area contributed by atoms with Crippen molar-refractivity contribution < 1.29 is 114 Å². The maximum absolute atomic E-state index is 13.7. The minimum absolute atomic E-state index is 0. The number of rotatable bonds is 14. The number of aromatic nitrogens is 5. The van der Waals surface area contributed by atoms with Gasteiger partial charge in [-0.15, -0.1) is 61.8 Å². The van der Waals surface area contributed by atoms with Crippen molar-refractivity contribution in [1.82, 2.24) is 24.9 Å².